The number of morpholine rings is 1. The Morgan fingerprint density at radius 3 is 2.68 bits per heavy atom. The Bertz CT molecular complexity index is 336. The average molecular weight is 426 g/mol. The minimum absolute atomic E-state index is 0. The quantitative estimate of drug-likeness (QED) is 0.353. The number of aliphatic imine (C=N–C) groups is 1. The normalized spacial score (nSPS) is 30.5. The minimum atomic E-state index is -0.117. The van der Waals surface area contributed by atoms with E-state index < -0.39 is 0 Å². The number of hydrogen-bond acceptors (Lipinski definition) is 4. The zero-order valence-electron chi connectivity index (χ0n) is 13.8. The summed E-state index contributed by atoms with van der Waals surface area (Å²) in [5.41, 5.74) is 0. The summed E-state index contributed by atoms with van der Waals surface area (Å²) < 4.78 is 5.74. The van der Waals surface area contributed by atoms with Gasteiger partial charge in [-0.1, -0.05) is 0 Å². The van der Waals surface area contributed by atoms with Gasteiger partial charge in [0.05, 0.1) is 25.4 Å². The number of halogens is 1. The Labute approximate surface area is 151 Å². The standard InChI is InChI=1S/C15H30N4O2.HI/c1-3-16-15(18-12-4-6-13(20)7-5-12)17-10-14-11-19(2)8-9-21-14;/h12-14,20H,3-11H2,1-2H3,(H2,16,17,18);1H. The molecular formula is C15H31IN4O2. The van der Waals surface area contributed by atoms with E-state index in [1.54, 1.807) is 0 Å². The van der Waals surface area contributed by atoms with Crippen LogP contribution in [0, 0.1) is 0 Å². The van der Waals surface area contributed by atoms with Crippen LogP contribution in [0.2, 0.25) is 0 Å². The lowest BCUT2D eigenvalue weighted by Gasteiger charge is -2.30. The first-order valence-electron chi connectivity index (χ1n) is 8.20. The number of hydrogen-bond donors (Lipinski definition) is 3. The van der Waals surface area contributed by atoms with Gasteiger partial charge in [-0.15, -0.1) is 24.0 Å². The molecule has 22 heavy (non-hydrogen) atoms. The lowest BCUT2D eigenvalue weighted by molar-refractivity contribution is -0.0136. The second-order valence-corrected chi connectivity index (χ2v) is 6.12. The van der Waals surface area contributed by atoms with Gasteiger partial charge in [-0.3, -0.25) is 4.99 Å². The van der Waals surface area contributed by atoms with E-state index >= 15 is 0 Å². The summed E-state index contributed by atoms with van der Waals surface area (Å²) in [4.78, 5) is 6.95. The van der Waals surface area contributed by atoms with E-state index in [-0.39, 0.29) is 36.2 Å². The Kier molecular flexibility index (Phi) is 9.62. The zero-order valence-corrected chi connectivity index (χ0v) is 16.1. The van der Waals surface area contributed by atoms with E-state index in [9.17, 15) is 5.11 Å². The molecule has 0 radical (unpaired) electrons. The van der Waals surface area contributed by atoms with Gasteiger partial charge in [0.1, 0.15) is 0 Å². The predicted octanol–water partition coefficient (Wildman–Crippen LogP) is 0.794. The van der Waals surface area contributed by atoms with Crippen molar-refractivity contribution in [1.82, 2.24) is 15.5 Å². The number of aliphatic hydroxyl groups excluding tert-OH is 1. The molecule has 3 N–H and O–H groups in total. The molecule has 6 nitrogen and oxygen atoms in total. The Morgan fingerprint density at radius 2 is 2.05 bits per heavy atom. The number of rotatable bonds is 4. The summed E-state index contributed by atoms with van der Waals surface area (Å²) in [5, 5.41) is 16.4. The van der Waals surface area contributed by atoms with E-state index in [1.165, 1.54) is 0 Å². The van der Waals surface area contributed by atoms with Crippen molar-refractivity contribution in [3.63, 3.8) is 0 Å². The van der Waals surface area contributed by atoms with Crippen LogP contribution >= 0.6 is 24.0 Å². The highest BCUT2D eigenvalue weighted by molar-refractivity contribution is 14.0. The largest absolute Gasteiger partial charge is 0.393 e. The van der Waals surface area contributed by atoms with E-state index in [2.05, 4.69) is 34.5 Å². The highest BCUT2D eigenvalue weighted by Crippen LogP contribution is 2.18. The van der Waals surface area contributed by atoms with Gasteiger partial charge in [0.25, 0.3) is 0 Å². The summed E-state index contributed by atoms with van der Waals surface area (Å²) in [6.45, 7) is 6.36. The molecule has 2 rings (SSSR count). The molecule has 1 atom stereocenters. The average Bonchev–Trinajstić information content (AvgIpc) is 2.47. The first-order chi connectivity index (χ1) is 10.2. The van der Waals surface area contributed by atoms with Crippen molar-refractivity contribution >= 4 is 29.9 Å². The first kappa shape index (κ1) is 19.9. The van der Waals surface area contributed by atoms with Crippen LogP contribution in [0.25, 0.3) is 0 Å². The van der Waals surface area contributed by atoms with Crippen molar-refractivity contribution in [2.45, 2.75) is 50.9 Å². The highest BCUT2D eigenvalue weighted by atomic mass is 127. The molecular weight excluding hydrogens is 395 g/mol. The van der Waals surface area contributed by atoms with E-state index in [0.29, 0.717) is 12.6 Å². The number of ether oxygens (including phenoxy) is 1. The summed E-state index contributed by atoms with van der Waals surface area (Å²) >= 11 is 0. The molecule has 2 aliphatic rings. The fraction of sp³-hybridized carbons (Fsp3) is 0.933. The SMILES string of the molecule is CCNC(=NCC1CN(C)CCO1)NC1CCC(O)CC1.I. The fourth-order valence-electron chi connectivity index (χ4n) is 2.90. The lowest BCUT2D eigenvalue weighted by Crippen LogP contribution is -2.46. The summed E-state index contributed by atoms with van der Waals surface area (Å²) in [6, 6.07) is 0.418. The Hall–Kier alpha value is -0.120. The predicted molar refractivity (Wildman–Crippen MR) is 100 cm³/mol. The molecule has 0 aromatic heterocycles. The summed E-state index contributed by atoms with van der Waals surface area (Å²) in [6.07, 6.45) is 3.85. The maximum atomic E-state index is 9.57. The van der Waals surface area contributed by atoms with Crippen LogP contribution < -0.4 is 10.6 Å². The van der Waals surface area contributed by atoms with Gasteiger partial charge in [-0.2, -0.15) is 0 Å². The van der Waals surface area contributed by atoms with E-state index in [0.717, 1.165) is 57.9 Å². The molecule has 2 fully saturated rings. The molecule has 1 saturated carbocycles. The molecule has 0 aromatic rings. The number of nitrogens with one attached hydrogen (secondary N) is 2. The molecule has 1 aliphatic carbocycles. The topological polar surface area (TPSA) is 69.1 Å². The summed E-state index contributed by atoms with van der Waals surface area (Å²) in [7, 11) is 2.12. The van der Waals surface area contributed by atoms with Crippen molar-refractivity contribution < 1.29 is 9.84 Å². The molecule has 0 amide bonds. The third-order valence-corrected chi connectivity index (χ3v) is 4.18. The van der Waals surface area contributed by atoms with Gasteiger partial charge in [-0.25, -0.2) is 0 Å². The highest BCUT2D eigenvalue weighted by Gasteiger charge is 2.21. The van der Waals surface area contributed by atoms with Crippen molar-refractivity contribution in [2.24, 2.45) is 4.99 Å². The van der Waals surface area contributed by atoms with Crippen LogP contribution in [-0.4, -0.2) is 74.0 Å². The van der Waals surface area contributed by atoms with Crippen LogP contribution in [0.1, 0.15) is 32.6 Å². The maximum Gasteiger partial charge on any atom is 0.191 e. The van der Waals surface area contributed by atoms with E-state index in [1.807, 2.05) is 0 Å². The Morgan fingerprint density at radius 1 is 1.32 bits per heavy atom. The third kappa shape index (κ3) is 6.97. The van der Waals surface area contributed by atoms with E-state index in [4.69, 9.17) is 4.74 Å². The van der Waals surface area contributed by atoms with Crippen LogP contribution in [0.15, 0.2) is 4.99 Å². The molecule has 1 aliphatic heterocycles. The third-order valence-electron chi connectivity index (χ3n) is 4.18. The lowest BCUT2D eigenvalue weighted by atomic mass is 9.93. The number of nitrogens with zero attached hydrogens (tertiary/aromatic N) is 2. The van der Waals surface area contributed by atoms with Gasteiger partial charge in [0, 0.05) is 25.7 Å². The van der Waals surface area contributed by atoms with Crippen LogP contribution in [0.5, 0.6) is 0 Å². The molecule has 1 heterocycles. The van der Waals surface area contributed by atoms with Crippen molar-refractivity contribution in [1.29, 1.82) is 0 Å². The Balaban J connectivity index is 0.00000242. The van der Waals surface area contributed by atoms with Gasteiger partial charge in [0.2, 0.25) is 0 Å². The fourth-order valence-corrected chi connectivity index (χ4v) is 2.90. The number of guanidine groups is 1. The first-order valence-corrected chi connectivity index (χ1v) is 8.20. The number of aliphatic hydroxyl groups is 1. The molecule has 7 heteroatoms. The van der Waals surface area contributed by atoms with Gasteiger partial charge in [0.15, 0.2) is 5.96 Å². The molecule has 0 aromatic carbocycles. The number of likely N-dealkylation sites (N-methyl/N-ethyl adjacent to an activating group) is 1. The second-order valence-electron chi connectivity index (χ2n) is 6.12. The van der Waals surface area contributed by atoms with Gasteiger partial charge >= 0.3 is 0 Å². The van der Waals surface area contributed by atoms with Crippen LogP contribution in [-0.2, 0) is 4.74 Å². The minimum Gasteiger partial charge on any atom is -0.393 e. The van der Waals surface area contributed by atoms with Gasteiger partial charge in [-0.05, 0) is 39.7 Å². The molecule has 1 unspecified atom stereocenters. The van der Waals surface area contributed by atoms with Crippen molar-refractivity contribution in [3.05, 3.63) is 0 Å². The second kappa shape index (κ2) is 10.6. The molecule has 0 bridgehead atoms. The monoisotopic (exact) mass is 426 g/mol. The molecule has 1 saturated heterocycles. The van der Waals surface area contributed by atoms with Crippen LogP contribution in [0.4, 0.5) is 0 Å². The smallest absolute Gasteiger partial charge is 0.191 e. The van der Waals surface area contributed by atoms with Gasteiger partial charge < -0.3 is 25.4 Å². The summed E-state index contributed by atoms with van der Waals surface area (Å²) in [5.74, 6) is 0.871. The zero-order chi connectivity index (χ0) is 15.1. The maximum absolute atomic E-state index is 9.57. The van der Waals surface area contributed by atoms with Crippen molar-refractivity contribution in [2.75, 3.05) is 39.8 Å². The van der Waals surface area contributed by atoms with Crippen molar-refractivity contribution in [3.8, 4) is 0 Å². The van der Waals surface area contributed by atoms with Crippen LogP contribution in [0.3, 0.4) is 0 Å². The molecule has 130 valence electrons. The molecule has 0 spiro atoms.